The van der Waals surface area contributed by atoms with Crippen molar-refractivity contribution in [1.82, 2.24) is 4.37 Å². The fourth-order valence-corrected chi connectivity index (χ4v) is 1.41. The highest BCUT2D eigenvalue weighted by atomic mass is 32.1. The minimum atomic E-state index is -0.477. The van der Waals surface area contributed by atoms with Crippen LogP contribution >= 0.6 is 11.5 Å². The molecule has 1 heterocycles. The summed E-state index contributed by atoms with van der Waals surface area (Å²) < 4.78 is 3.96. The van der Waals surface area contributed by atoms with Gasteiger partial charge in [0.1, 0.15) is 5.69 Å². The van der Waals surface area contributed by atoms with E-state index in [1.807, 2.05) is 20.8 Å². The molecular formula is C9H14N2OS. The first-order valence-corrected chi connectivity index (χ1v) is 4.97. The van der Waals surface area contributed by atoms with E-state index in [2.05, 4.69) is 4.37 Å². The molecule has 2 N–H and O–H groups in total. The summed E-state index contributed by atoms with van der Waals surface area (Å²) in [6.45, 7) is 5.84. The first-order valence-electron chi connectivity index (χ1n) is 4.13. The molecule has 0 saturated carbocycles. The number of nitrogens with zero attached hydrogens (tertiary/aromatic N) is 1. The minimum Gasteiger partial charge on any atom is -0.321 e. The molecule has 0 spiro atoms. The van der Waals surface area contributed by atoms with Gasteiger partial charge in [0.25, 0.3) is 0 Å². The molecule has 0 radical (unpaired) electrons. The van der Waals surface area contributed by atoms with Crippen molar-refractivity contribution < 1.29 is 4.79 Å². The highest BCUT2D eigenvalue weighted by Gasteiger charge is 2.29. The lowest BCUT2D eigenvalue weighted by molar-refractivity contribution is 0.0897. The van der Waals surface area contributed by atoms with Crippen molar-refractivity contribution in [2.75, 3.05) is 0 Å². The Morgan fingerprint density at radius 1 is 1.62 bits per heavy atom. The number of aromatic nitrogens is 1. The quantitative estimate of drug-likeness (QED) is 0.736. The van der Waals surface area contributed by atoms with Gasteiger partial charge in [-0.05, 0) is 23.0 Å². The molecule has 0 aromatic carbocycles. The lowest BCUT2D eigenvalue weighted by Crippen LogP contribution is -2.42. The van der Waals surface area contributed by atoms with Gasteiger partial charge in [0.15, 0.2) is 5.78 Å². The van der Waals surface area contributed by atoms with E-state index in [4.69, 9.17) is 5.73 Å². The number of nitrogens with two attached hydrogens (primary N) is 1. The second kappa shape index (κ2) is 3.55. The normalized spacial score (nSPS) is 14.2. The first kappa shape index (κ1) is 10.3. The Labute approximate surface area is 82.1 Å². The van der Waals surface area contributed by atoms with Gasteiger partial charge < -0.3 is 5.73 Å². The SMILES string of the molecule is CC(C)(C)C(N)C(=O)c1ccsn1. The van der Waals surface area contributed by atoms with E-state index in [-0.39, 0.29) is 11.2 Å². The maximum atomic E-state index is 11.7. The van der Waals surface area contributed by atoms with Crippen LogP contribution in [0.15, 0.2) is 11.4 Å². The van der Waals surface area contributed by atoms with Gasteiger partial charge in [-0.2, -0.15) is 4.37 Å². The summed E-state index contributed by atoms with van der Waals surface area (Å²) in [5, 5.41) is 1.78. The van der Waals surface area contributed by atoms with Gasteiger partial charge in [-0.25, -0.2) is 0 Å². The van der Waals surface area contributed by atoms with Crippen molar-refractivity contribution in [1.29, 1.82) is 0 Å². The zero-order valence-corrected chi connectivity index (χ0v) is 8.89. The van der Waals surface area contributed by atoms with Crippen molar-refractivity contribution in [3.05, 3.63) is 17.1 Å². The molecule has 0 aliphatic rings. The fraction of sp³-hybridized carbons (Fsp3) is 0.556. The topological polar surface area (TPSA) is 56.0 Å². The van der Waals surface area contributed by atoms with Crippen LogP contribution in [-0.2, 0) is 0 Å². The van der Waals surface area contributed by atoms with Gasteiger partial charge in [0.2, 0.25) is 0 Å². The summed E-state index contributed by atoms with van der Waals surface area (Å²) in [7, 11) is 0. The van der Waals surface area contributed by atoms with E-state index in [1.54, 1.807) is 11.4 Å². The monoisotopic (exact) mass is 198 g/mol. The Balaban J connectivity index is 2.81. The van der Waals surface area contributed by atoms with Crippen LogP contribution in [0.3, 0.4) is 0 Å². The second-order valence-electron chi connectivity index (χ2n) is 4.09. The van der Waals surface area contributed by atoms with Crippen LogP contribution < -0.4 is 5.73 Å². The molecule has 0 bridgehead atoms. The second-order valence-corrected chi connectivity index (χ2v) is 4.76. The van der Waals surface area contributed by atoms with E-state index in [1.165, 1.54) is 11.5 Å². The van der Waals surface area contributed by atoms with Crippen LogP contribution in [0.5, 0.6) is 0 Å². The van der Waals surface area contributed by atoms with Crippen LogP contribution in [0.1, 0.15) is 31.3 Å². The minimum absolute atomic E-state index is 0.0752. The molecule has 1 aromatic heterocycles. The molecule has 3 nitrogen and oxygen atoms in total. The maximum absolute atomic E-state index is 11.7. The van der Waals surface area contributed by atoms with Crippen molar-refractivity contribution >= 4 is 17.3 Å². The van der Waals surface area contributed by atoms with Gasteiger partial charge in [-0.15, -0.1) is 0 Å². The summed E-state index contributed by atoms with van der Waals surface area (Å²) in [6, 6.07) is 1.23. The van der Waals surface area contributed by atoms with E-state index >= 15 is 0 Å². The van der Waals surface area contributed by atoms with Gasteiger partial charge in [0, 0.05) is 5.38 Å². The molecule has 0 fully saturated rings. The molecule has 0 aliphatic carbocycles. The van der Waals surface area contributed by atoms with Crippen LogP contribution in [0, 0.1) is 5.41 Å². The lowest BCUT2D eigenvalue weighted by Gasteiger charge is -2.24. The standard InChI is InChI=1S/C9H14N2OS/c1-9(2,3)8(10)7(12)6-4-5-13-11-6/h4-5,8H,10H2,1-3H3. The highest BCUT2D eigenvalue weighted by Crippen LogP contribution is 2.20. The Kier molecular flexibility index (Phi) is 2.83. The first-order chi connectivity index (χ1) is 5.93. The third-order valence-corrected chi connectivity index (χ3v) is 2.47. The third kappa shape index (κ3) is 2.35. The van der Waals surface area contributed by atoms with Crippen LogP contribution in [0.25, 0.3) is 0 Å². The van der Waals surface area contributed by atoms with Crippen LogP contribution in [0.4, 0.5) is 0 Å². The van der Waals surface area contributed by atoms with Gasteiger partial charge in [-0.3, -0.25) is 4.79 Å². The van der Waals surface area contributed by atoms with Crippen molar-refractivity contribution in [2.45, 2.75) is 26.8 Å². The summed E-state index contributed by atoms with van der Waals surface area (Å²) in [6.07, 6.45) is 0. The smallest absolute Gasteiger partial charge is 0.199 e. The largest absolute Gasteiger partial charge is 0.321 e. The van der Waals surface area contributed by atoms with Crippen molar-refractivity contribution in [3.8, 4) is 0 Å². The zero-order valence-electron chi connectivity index (χ0n) is 8.07. The van der Waals surface area contributed by atoms with Crippen molar-refractivity contribution in [3.63, 3.8) is 0 Å². The van der Waals surface area contributed by atoms with Crippen molar-refractivity contribution in [2.24, 2.45) is 11.1 Å². The van der Waals surface area contributed by atoms with E-state index in [9.17, 15) is 4.79 Å². The number of rotatable bonds is 2. The summed E-state index contributed by atoms with van der Waals surface area (Å²) in [5.41, 5.74) is 6.07. The molecule has 0 aliphatic heterocycles. The van der Waals surface area contributed by atoms with Gasteiger partial charge >= 0.3 is 0 Å². The molecule has 13 heavy (non-hydrogen) atoms. The molecule has 0 amide bonds. The zero-order chi connectivity index (χ0) is 10.1. The Hall–Kier alpha value is -0.740. The predicted octanol–water partition coefficient (Wildman–Crippen LogP) is 1.70. The van der Waals surface area contributed by atoms with Crippen LogP contribution in [0.2, 0.25) is 0 Å². The molecule has 4 heteroatoms. The fourth-order valence-electron chi connectivity index (χ4n) is 0.892. The molecular weight excluding hydrogens is 184 g/mol. The predicted molar refractivity (Wildman–Crippen MR) is 53.9 cm³/mol. The number of hydrogen-bond donors (Lipinski definition) is 1. The number of Topliss-reactive ketones (excluding diaryl/α,β-unsaturated/α-hetero) is 1. The van der Waals surface area contributed by atoms with Gasteiger partial charge in [0.05, 0.1) is 6.04 Å². The average molecular weight is 198 g/mol. The Bertz CT molecular complexity index is 287. The molecule has 1 rings (SSSR count). The maximum Gasteiger partial charge on any atom is 0.199 e. The number of carbonyl (C=O) groups is 1. The summed E-state index contributed by atoms with van der Waals surface area (Å²) >= 11 is 1.27. The third-order valence-electron chi connectivity index (χ3n) is 1.91. The number of carbonyl (C=O) groups excluding carboxylic acids is 1. The van der Waals surface area contributed by atoms with Crippen LogP contribution in [-0.4, -0.2) is 16.2 Å². The Morgan fingerprint density at radius 2 is 2.23 bits per heavy atom. The summed E-state index contributed by atoms with van der Waals surface area (Å²) in [5.74, 6) is -0.0752. The van der Waals surface area contributed by atoms with E-state index < -0.39 is 6.04 Å². The molecule has 0 saturated heterocycles. The molecule has 1 atom stereocenters. The highest BCUT2D eigenvalue weighted by molar-refractivity contribution is 7.03. The molecule has 1 aromatic rings. The number of hydrogen-bond acceptors (Lipinski definition) is 4. The summed E-state index contributed by atoms with van der Waals surface area (Å²) in [4.78, 5) is 11.7. The van der Waals surface area contributed by atoms with Gasteiger partial charge in [-0.1, -0.05) is 20.8 Å². The van der Waals surface area contributed by atoms with E-state index in [0.29, 0.717) is 5.69 Å². The number of ketones is 1. The molecule has 72 valence electrons. The molecule has 1 unspecified atom stereocenters. The lowest BCUT2D eigenvalue weighted by atomic mass is 9.84. The average Bonchev–Trinajstić information content (AvgIpc) is 2.51. The Morgan fingerprint density at radius 3 is 2.62 bits per heavy atom. The van der Waals surface area contributed by atoms with E-state index in [0.717, 1.165) is 0 Å².